The average Bonchev–Trinajstić information content (AvgIpc) is 3.19. The van der Waals surface area contributed by atoms with Gasteiger partial charge in [0.2, 0.25) is 5.91 Å². The number of nitrogens with one attached hydrogen (secondary N) is 1. The molecule has 0 radical (unpaired) electrons. The van der Waals surface area contributed by atoms with E-state index < -0.39 is 0 Å². The molecule has 3 heterocycles. The van der Waals surface area contributed by atoms with E-state index in [1.807, 2.05) is 18.2 Å². The number of hydrogen-bond donors (Lipinski definition) is 1. The summed E-state index contributed by atoms with van der Waals surface area (Å²) in [5.41, 5.74) is 0. The second-order valence-corrected chi connectivity index (χ2v) is 7.41. The summed E-state index contributed by atoms with van der Waals surface area (Å²) >= 11 is 7.60. The third kappa shape index (κ3) is 5.07. The van der Waals surface area contributed by atoms with Gasteiger partial charge in [-0.1, -0.05) is 11.6 Å². The van der Waals surface area contributed by atoms with E-state index in [2.05, 4.69) is 21.2 Å². The third-order valence-corrected chi connectivity index (χ3v) is 5.10. The number of piperazine rings is 1. The molecule has 1 aliphatic rings. The van der Waals surface area contributed by atoms with Gasteiger partial charge in [-0.3, -0.25) is 14.6 Å². The lowest BCUT2D eigenvalue weighted by molar-refractivity contribution is -0.122. The highest BCUT2D eigenvalue weighted by Crippen LogP contribution is 2.23. The molecular weight excluding hydrogens is 334 g/mol. The monoisotopic (exact) mass is 353 g/mol. The van der Waals surface area contributed by atoms with E-state index >= 15 is 0 Å². The number of rotatable bonds is 6. The second-order valence-electron chi connectivity index (χ2n) is 5.61. The molecule has 7 heteroatoms. The minimum atomic E-state index is 0.0416. The lowest BCUT2D eigenvalue weighted by Gasteiger charge is -2.33. The van der Waals surface area contributed by atoms with E-state index in [-0.39, 0.29) is 5.91 Å². The first-order valence-corrected chi connectivity index (χ1v) is 8.86. The van der Waals surface area contributed by atoms with Gasteiger partial charge in [-0.05, 0) is 24.3 Å². The van der Waals surface area contributed by atoms with Gasteiger partial charge >= 0.3 is 0 Å². The highest BCUT2D eigenvalue weighted by Gasteiger charge is 2.19. The Labute approximate surface area is 144 Å². The van der Waals surface area contributed by atoms with E-state index in [9.17, 15) is 4.79 Å². The van der Waals surface area contributed by atoms with Gasteiger partial charge in [0, 0.05) is 37.6 Å². The molecule has 0 spiro atoms. The Hall–Kier alpha value is -1.34. The van der Waals surface area contributed by atoms with E-state index in [0.717, 1.165) is 42.8 Å². The highest BCUT2D eigenvalue weighted by molar-refractivity contribution is 7.16. The summed E-state index contributed by atoms with van der Waals surface area (Å²) in [6.45, 7) is 5.60. The summed E-state index contributed by atoms with van der Waals surface area (Å²) in [5, 5.41) is 2.89. The van der Waals surface area contributed by atoms with Crippen molar-refractivity contribution in [3.63, 3.8) is 0 Å². The first-order valence-electron chi connectivity index (χ1n) is 7.67. The number of hydrogen-bond acceptors (Lipinski definition) is 5. The molecule has 0 bridgehead atoms. The summed E-state index contributed by atoms with van der Waals surface area (Å²) in [7, 11) is 0. The van der Waals surface area contributed by atoms with Crippen molar-refractivity contribution in [3.8, 4) is 0 Å². The molecule has 0 atom stereocenters. The number of nitrogens with zero attached hydrogens (tertiary/aromatic N) is 2. The number of halogens is 1. The number of carbonyl (C=O) groups is 1. The molecule has 1 saturated heterocycles. The van der Waals surface area contributed by atoms with Crippen molar-refractivity contribution >= 4 is 28.8 Å². The number of furan rings is 1. The van der Waals surface area contributed by atoms with E-state index in [1.54, 1.807) is 17.6 Å². The lowest BCUT2D eigenvalue weighted by atomic mass is 10.3. The van der Waals surface area contributed by atoms with Gasteiger partial charge in [0.1, 0.15) is 5.76 Å². The van der Waals surface area contributed by atoms with Crippen LogP contribution in [0.5, 0.6) is 0 Å². The van der Waals surface area contributed by atoms with Crippen molar-refractivity contribution in [2.45, 2.75) is 13.1 Å². The van der Waals surface area contributed by atoms with Crippen molar-refractivity contribution in [2.24, 2.45) is 0 Å². The molecule has 0 unspecified atom stereocenters. The van der Waals surface area contributed by atoms with E-state index in [1.165, 1.54) is 4.88 Å². The Morgan fingerprint density at radius 1 is 1.22 bits per heavy atom. The first kappa shape index (κ1) is 16.5. The van der Waals surface area contributed by atoms with Crippen LogP contribution in [0.3, 0.4) is 0 Å². The molecule has 3 rings (SSSR count). The van der Waals surface area contributed by atoms with Crippen LogP contribution in [0.1, 0.15) is 10.6 Å². The summed E-state index contributed by atoms with van der Waals surface area (Å²) in [6, 6.07) is 7.71. The van der Waals surface area contributed by atoms with Gasteiger partial charge in [-0.25, -0.2) is 0 Å². The molecule has 1 amide bonds. The lowest BCUT2D eigenvalue weighted by Crippen LogP contribution is -2.48. The van der Waals surface area contributed by atoms with Gasteiger partial charge in [0.05, 0.1) is 23.7 Å². The zero-order valence-electron chi connectivity index (χ0n) is 12.8. The van der Waals surface area contributed by atoms with Crippen LogP contribution in [-0.4, -0.2) is 48.4 Å². The van der Waals surface area contributed by atoms with Crippen molar-refractivity contribution in [1.29, 1.82) is 0 Å². The SMILES string of the molecule is O=C(CN1CCN(Cc2ccc(Cl)s2)CC1)NCc1ccco1. The topological polar surface area (TPSA) is 48.7 Å². The largest absolute Gasteiger partial charge is 0.467 e. The molecule has 5 nitrogen and oxygen atoms in total. The molecule has 2 aromatic heterocycles. The molecule has 0 aliphatic carbocycles. The zero-order chi connectivity index (χ0) is 16.1. The Bertz CT molecular complexity index is 621. The fourth-order valence-electron chi connectivity index (χ4n) is 2.62. The standard InChI is InChI=1S/C16H20ClN3O2S/c17-15-4-3-14(23-15)11-19-5-7-20(8-6-19)12-16(21)18-10-13-2-1-9-22-13/h1-4,9H,5-8,10-12H2,(H,18,21). The molecule has 1 N–H and O–H groups in total. The average molecular weight is 354 g/mol. The second kappa shape index (κ2) is 7.97. The van der Waals surface area contributed by atoms with E-state index in [0.29, 0.717) is 13.1 Å². The maximum atomic E-state index is 12.0. The van der Waals surface area contributed by atoms with Crippen molar-refractivity contribution in [1.82, 2.24) is 15.1 Å². The molecule has 124 valence electrons. The first-order chi connectivity index (χ1) is 11.2. The fourth-order valence-corrected chi connectivity index (χ4v) is 3.75. The Morgan fingerprint density at radius 3 is 2.65 bits per heavy atom. The number of carbonyl (C=O) groups excluding carboxylic acids is 1. The summed E-state index contributed by atoms with van der Waals surface area (Å²) in [4.78, 5) is 17.8. The van der Waals surface area contributed by atoms with Crippen LogP contribution in [0.4, 0.5) is 0 Å². The van der Waals surface area contributed by atoms with Gasteiger partial charge in [-0.2, -0.15) is 0 Å². The number of thiophene rings is 1. The van der Waals surface area contributed by atoms with Crippen molar-refractivity contribution in [3.05, 3.63) is 45.5 Å². The third-order valence-electron chi connectivity index (χ3n) is 3.88. The molecular formula is C16H20ClN3O2S. The maximum Gasteiger partial charge on any atom is 0.234 e. The quantitative estimate of drug-likeness (QED) is 0.866. The minimum absolute atomic E-state index is 0.0416. The normalized spacial score (nSPS) is 16.6. The van der Waals surface area contributed by atoms with Crippen LogP contribution < -0.4 is 5.32 Å². The maximum absolute atomic E-state index is 12.0. The van der Waals surface area contributed by atoms with Gasteiger partial charge in [0.15, 0.2) is 0 Å². The predicted molar refractivity (Wildman–Crippen MR) is 91.6 cm³/mol. The Balaban J connectivity index is 1.36. The molecule has 23 heavy (non-hydrogen) atoms. The molecule has 0 aromatic carbocycles. The molecule has 1 aliphatic heterocycles. The molecule has 1 fully saturated rings. The van der Waals surface area contributed by atoms with E-state index in [4.69, 9.17) is 16.0 Å². The van der Waals surface area contributed by atoms with Crippen LogP contribution in [-0.2, 0) is 17.9 Å². The Morgan fingerprint density at radius 2 is 2.00 bits per heavy atom. The fraction of sp³-hybridized carbons (Fsp3) is 0.438. The molecule has 2 aromatic rings. The number of amides is 1. The minimum Gasteiger partial charge on any atom is -0.467 e. The van der Waals surface area contributed by atoms with Crippen LogP contribution >= 0.6 is 22.9 Å². The smallest absolute Gasteiger partial charge is 0.234 e. The zero-order valence-corrected chi connectivity index (χ0v) is 14.4. The molecule has 0 saturated carbocycles. The van der Waals surface area contributed by atoms with Crippen LogP contribution in [0.2, 0.25) is 4.34 Å². The Kier molecular flexibility index (Phi) is 5.72. The van der Waals surface area contributed by atoms with Gasteiger partial charge < -0.3 is 9.73 Å². The van der Waals surface area contributed by atoms with Gasteiger partial charge in [-0.15, -0.1) is 11.3 Å². The van der Waals surface area contributed by atoms with Crippen LogP contribution in [0, 0.1) is 0 Å². The predicted octanol–water partition coefficient (Wildman–Crippen LogP) is 2.43. The summed E-state index contributed by atoms with van der Waals surface area (Å²) < 4.78 is 6.04. The summed E-state index contributed by atoms with van der Waals surface area (Å²) in [5.74, 6) is 0.817. The van der Waals surface area contributed by atoms with Crippen molar-refractivity contribution in [2.75, 3.05) is 32.7 Å². The van der Waals surface area contributed by atoms with Gasteiger partial charge in [0.25, 0.3) is 0 Å². The van der Waals surface area contributed by atoms with Crippen molar-refractivity contribution < 1.29 is 9.21 Å². The highest BCUT2D eigenvalue weighted by atomic mass is 35.5. The summed E-state index contributed by atoms with van der Waals surface area (Å²) in [6.07, 6.45) is 1.61. The van der Waals surface area contributed by atoms with Crippen LogP contribution in [0.15, 0.2) is 34.9 Å². The van der Waals surface area contributed by atoms with Crippen LogP contribution in [0.25, 0.3) is 0 Å².